The van der Waals surface area contributed by atoms with Gasteiger partial charge >= 0.3 is 0 Å². The molecule has 2 N–H and O–H groups in total. The van der Waals surface area contributed by atoms with Crippen LogP contribution in [-0.4, -0.2) is 55.6 Å². The third-order valence-corrected chi connectivity index (χ3v) is 5.07. The fourth-order valence-electron chi connectivity index (χ4n) is 3.02. The van der Waals surface area contributed by atoms with Gasteiger partial charge in [-0.05, 0) is 63.4 Å². The van der Waals surface area contributed by atoms with Gasteiger partial charge in [0.25, 0.3) is 0 Å². The molecular formula is C21H27ClN4O2S. The smallest absolute Gasteiger partial charge is 0.187 e. The molecule has 1 aromatic heterocycles. The molecule has 6 nitrogen and oxygen atoms in total. The van der Waals surface area contributed by atoms with Crippen LogP contribution in [0.4, 0.5) is 0 Å². The highest BCUT2D eigenvalue weighted by molar-refractivity contribution is 7.80. The normalized spacial score (nSPS) is 17.0. The molecule has 0 amide bonds. The first-order chi connectivity index (χ1) is 14.0. The van der Waals surface area contributed by atoms with E-state index in [4.69, 9.17) is 33.0 Å². The largest absolute Gasteiger partial charge is 0.455 e. The fraction of sp³-hybridized carbons (Fsp3) is 0.429. The van der Waals surface area contributed by atoms with Crippen molar-refractivity contribution >= 4 is 34.6 Å². The number of nitrogens with zero attached hydrogens (tertiary/aromatic N) is 2. The first kappa shape index (κ1) is 21.8. The fourth-order valence-corrected chi connectivity index (χ4v) is 3.34. The minimum Gasteiger partial charge on any atom is -0.455 e. The molecule has 0 bridgehead atoms. The summed E-state index contributed by atoms with van der Waals surface area (Å²) < 4.78 is 11.7. The molecule has 2 heterocycles. The van der Waals surface area contributed by atoms with E-state index in [0.717, 1.165) is 49.4 Å². The van der Waals surface area contributed by atoms with Gasteiger partial charge in [-0.15, -0.1) is 0 Å². The zero-order chi connectivity index (χ0) is 20.6. The van der Waals surface area contributed by atoms with Gasteiger partial charge in [-0.2, -0.15) is 5.10 Å². The third kappa shape index (κ3) is 6.82. The molecule has 1 unspecified atom stereocenters. The highest BCUT2D eigenvalue weighted by Gasteiger charge is 2.16. The van der Waals surface area contributed by atoms with E-state index in [0.29, 0.717) is 22.4 Å². The van der Waals surface area contributed by atoms with E-state index in [-0.39, 0.29) is 6.10 Å². The summed E-state index contributed by atoms with van der Waals surface area (Å²) >= 11 is 11.4. The first-order valence-corrected chi connectivity index (χ1v) is 10.5. The summed E-state index contributed by atoms with van der Waals surface area (Å²) in [5.74, 6) is 1.45. The molecule has 156 valence electrons. The highest BCUT2D eigenvalue weighted by atomic mass is 35.5. The van der Waals surface area contributed by atoms with Gasteiger partial charge in [0.2, 0.25) is 0 Å². The molecule has 1 atom stereocenters. The summed E-state index contributed by atoms with van der Waals surface area (Å²) in [5, 5.41) is 8.83. The summed E-state index contributed by atoms with van der Waals surface area (Å²) in [5.41, 5.74) is 4.67. The predicted octanol–water partition coefficient (Wildman–Crippen LogP) is 3.90. The van der Waals surface area contributed by atoms with Crippen LogP contribution in [0.3, 0.4) is 0 Å². The lowest BCUT2D eigenvalue weighted by Crippen LogP contribution is -2.37. The maximum absolute atomic E-state index is 6.10. The van der Waals surface area contributed by atoms with E-state index in [9.17, 15) is 0 Å². The molecule has 1 aliphatic heterocycles. The van der Waals surface area contributed by atoms with Gasteiger partial charge in [-0.3, -0.25) is 5.43 Å². The molecular weight excluding hydrogens is 408 g/mol. The lowest BCUT2D eigenvalue weighted by atomic mass is 10.2. The van der Waals surface area contributed by atoms with Crippen LogP contribution in [-0.2, 0) is 4.74 Å². The van der Waals surface area contributed by atoms with Crippen molar-refractivity contribution in [1.29, 1.82) is 0 Å². The number of hydrogen-bond donors (Lipinski definition) is 2. The monoisotopic (exact) mass is 434 g/mol. The number of halogens is 1. The Kier molecular flexibility index (Phi) is 8.06. The SMILES string of the molecule is CN(C)CCC(=NNC(=S)NCC1CCCO1)c1ccc(-c2cccc(Cl)c2)o1. The first-order valence-electron chi connectivity index (χ1n) is 9.74. The lowest BCUT2D eigenvalue weighted by molar-refractivity contribution is 0.114. The molecule has 0 aliphatic carbocycles. The van der Waals surface area contributed by atoms with Crippen LogP contribution < -0.4 is 10.7 Å². The van der Waals surface area contributed by atoms with Crippen molar-refractivity contribution < 1.29 is 9.15 Å². The van der Waals surface area contributed by atoms with E-state index in [2.05, 4.69) is 20.7 Å². The number of hydrogen-bond acceptors (Lipinski definition) is 5. The topological polar surface area (TPSA) is 62.0 Å². The second-order valence-electron chi connectivity index (χ2n) is 7.24. The molecule has 0 spiro atoms. The zero-order valence-electron chi connectivity index (χ0n) is 16.8. The molecule has 1 aromatic carbocycles. The number of benzene rings is 1. The third-order valence-electron chi connectivity index (χ3n) is 4.60. The quantitative estimate of drug-likeness (QED) is 0.373. The van der Waals surface area contributed by atoms with Gasteiger partial charge < -0.3 is 19.4 Å². The Balaban J connectivity index is 1.67. The van der Waals surface area contributed by atoms with Crippen LogP contribution >= 0.6 is 23.8 Å². The maximum atomic E-state index is 6.10. The molecule has 29 heavy (non-hydrogen) atoms. The van der Waals surface area contributed by atoms with Crippen molar-refractivity contribution in [3.05, 3.63) is 47.2 Å². The van der Waals surface area contributed by atoms with E-state index in [1.54, 1.807) is 0 Å². The number of thiocarbonyl (C=S) groups is 1. The van der Waals surface area contributed by atoms with Crippen LogP contribution in [0.15, 0.2) is 45.9 Å². The Labute approximate surface area is 182 Å². The molecule has 1 saturated heterocycles. The summed E-state index contributed by atoms with van der Waals surface area (Å²) in [6, 6.07) is 11.4. The number of rotatable bonds is 8. The van der Waals surface area contributed by atoms with Crippen molar-refractivity contribution in [1.82, 2.24) is 15.6 Å². The Bertz CT molecular complexity index is 847. The highest BCUT2D eigenvalue weighted by Crippen LogP contribution is 2.25. The van der Waals surface area contributed by atoms with Crippen molar-refractivity contribution in [3.8, 4) is 11.3 Å². The van der Waals surface area contributed by atoms with E-state index < -0.39 is 0 Å². The molecule has 0 radical (unpaired) electrons. The molecule has 3 rings (SSSR count). The van der Waals surface area contributed by atoms with E-state index in [1.165, 1.54) is 0 Å². The number of nitrogens with one attached hydrogen (secondary N) is 2. The minimum absolute atomic E-state index is 0.220. The predicted molar refractivity (Wildman–Crippen MR) is 122 cm³/mol. The van der Waals surface area contributed by atoms with Crippen molar-refractivity contribution in [3.63, 3.8) is 0 Å². The molecule has 0 saturated carbocycles. The van der Waals surface area contributed by atoms with Gasteiger partial charge in [0, 0.05) is 36.7 Å². The second-order valence-corrected chi connectivity index (χ2v) is 8.09. The van der Waals surface area contributed by atoms with Crippen molar-refractivity contribution in [2.75, 3.05) is 33.8 Å². The summed E-state index contributed by atoms with van der Waals surface area (Å²) in [4.78, 5) is 2.10. The number of ether oxygens (including phenoxy) is 1. The summed E-state index contributed by atoms with van der Waals surface area (Å²) in [7, 11) is 4.05. The van der Waals surface area contributed by atoms with Gasteiger partial charge in [-0.25, -0.2) is 0 Å². The lowest BCUT2D eigenvalue weighted by Gasteiger charge is -2.13. The van der Waals surface area contributed by atoms with Gasteiger partial charge in [0.05, 0.1) is 6.10 Å². The molecule has 1 fully saturated rings. The Morgan fingerprint density at radius 2 is 2.17 bits per heavy atom. The molecule has 8 heteroatoms. The molecule has 1 aliphatic rings. The minimum atomic E-state index is 0.220. The van der Waals surface area contributed by atoms with E-state index in [1.807, 2.05) is 50.5 Å². The van der Waals surface area contributed by atoms with Gasteiger partial charge in [0.1, 0.15) is 11.5 Å². The van der Waals surface area contributed by atoms with Crippen LogP contribution in [0.5, 0.6) is 0 Å². The number of hydrazone groups is 1. The average molecular weight is 435 g/mol. The van der Waals surface area contributed by atoms with Gasteiger partial charge in [0.15, 0.2) is 10.9 Å². The van der Waals surface area contributed by atoms with Crippen LogP contribution in [0.25, 0.3) is 11.3 Å². The summed E-state index contributed by atoms with van der Waals surface area (Å²) in [6.45, 7) is 2.35. The van der Waals surface area contributed by atoms with Crippen molar-refractivity contribution in [2.45, 2.75) is 25.4 Å². The van der Waals surface area contributed by atoms with Crippen molar-refractivity contribution in [2.24, 2.45) is 5.10 Å². The Morgan fingerprint density at radius 1 is 1.31 bits per heavy atom. The van der Waals surface area contributed by atoms with Gasteiger partial charge in [-0.1, -0.05) is 23.7 Å². The zero-order valence-corrected chi connectivity index (χ0v) is 18.4. The van der Waals surface area contributed by atoms with E-state index >= 15 is 0 Å². The Hall–Kier alpha value is -1.93. The van der Waals surface area contributed by atoms with Crippen LogP contribution in [0.2, 0.25) is 5.02 Å². The average Bonchev–Trinajstić information content (AvgIpc) is 3.38. The van der Waals surface area contributed by atoms with Crippen LogP contribution in [0, 0.1) is 0 Å². The summed E-state index contributed by atoms with van der Waals surface area (Å²) in [6.07, 6.45) is 3.10. The number of furan rings is 1. The second kappa shape index (κ2) is 10.7. The van der Waals surface area contributed by atoms with Crippen LogP contribution in [0.1, 0.15) is 25.0 Å². The Morgan fingerprint density at radius 3 is 2.90 bits per heavy atom. The maximum Gasteiger partial charge on any atom is 0.187 e. The molecule has 2 aromatic rings. The standard InChI is InChI=1S/C21H27ClN4O2S/c1-26(2)11-10-18(24-25-21(29)23-14-17-7-4-12-27-17)20-9-8-19(28-20)15-5-3-6-16(22)13-15/h3,5-6,8-9,13,17H,4,7,10-12,14H2,1-2H3,(H2,23,25,29).